The van der Waals surface area contributed by atoms with Crippen LogP contribution < -0.4 is 16.4 Å². The monoisotopic (exact) mass is 359 g/mol. The zero-order chi connectivity index (χ0) is 18.5. The van der Waals surface area contributed by atoms with Crippen LogP contribution in [0.2, 0.25) is 0 Å². The molecular formula is C17H21N5O4. The molecule has 9 heteroatoms. The molecule has 2 bridgehead atoms. The highest BCUT2D eigenvalue weighted by molar-refractivity contribution is 5.97. The van der Waals surface area contributed by atoms with Crippen molar-refractivity contribution in [3.8, 4) is 11.3 Å². The normalized spacial score (nSPS) is 17.8. The Kier molecular flexibility index (Phi) is 5.49. The molecule has 2 amide bonds. The van der Waals surface area contributed by atoms with E-state index in [4.69, 9.17) is 10.5 Å². The van der Waals surface area contributed by atoms with Crippen molar-refractivity contribution >= 4 is 23.4 Å². The molecule has 1 aliphatic heterocycles. The Morgan fingerprint density at radius 2 is 2.31 bits per heavy atom. The number of hydrogen-bond acceptors (Lipinski definition) is 6. The first-order chi connectivity index (χ1) is 12.6. The van der Waals surface area contributed by atoms with E-state index >= 15 is 0 Å². The number of rotatable bonds is 1. The summed E-state index contributed by atoms with van der Waals surface area (Å²) in [5, 5.41) is 5.46. The number of H-pyrrole nitrogens is 1. The number of aromatic nitrogens is 2. The van der Waals surface area contributed by atoms with E-state index in [2.05, 4.69) is 25.3 Å². The predicted octanol–water partition coefficient (Wildman–Crippen LogP) is 2.00. The van der Waals surface area contributed by atoms with Gasteiger partial charge in [-0.05, 0) is 24.6 Å². The highest BCUT2D eigenvalue weighted by atomic mass is 16.5. The largest absolute Gasteiger partial charge is 0.453 e. The Morgan fingerprint density at radius 1 is 1.46 bits per heavy atom. The molecule has 0 aliphatic carbocycles. The lowest BCUT2D eigenvalue weighted by molar-refractivity contribution is -0.116. The topological polar surface area (TPSA) is 131 Å². The fourth-order valence-corrected chi connectivity index (χ4v) is 2.63. The molecule has 1 aromatic heterocycles. The number of nitrogens with zero attached hydrogens (tertiary/aromatic N) is 1. The molecule has 0 spiro atoms. The molecule has 0 saturated carbocycles. The van der Waals surface area contributed by atoms with Gasteiger partial charge >= 0.3 is 6.09 Å². The summed E-state index contributed by atoms with van der Waals surface area (Å²) in [6.45, 7) is 0.759. The first-order valence-corrected chi connectivity index (χ1v) is 8.24. The van der Waals surface area contributed by atoms with Gasteiger partial charge in [0.2, 0.25) is 5.91 Å². The van der Waals surface area contributed by atoms with Gasteiger partial charge in [-0.25, -0.2) is 9.78 Å². The molecule has 5 N–H and O–H groups in total. The molecule has 1 unspecified atom stereocenters. The zero-order valence-electron chi connectivity index (χ0n) is 14.4. The highest BCUT2D eigenvalue weighted by Gasteiger charge is 2.16. The molecule has 0 fully saturated rings. The third-order valence-electron chi connectivity index (χ3n) is 3.95. The number of anilines is 2. The molecule has 1 aromatic carbocycles. The highest BCUT2D eigenvalue weighted by Crippen LogP contribution is 2.30. The van der Waals surface area contributed by atoms with E-state index in [1.807, 2.05) is 0 Å². The minimum Gasteiger partial charge on any atom is -0.453 e. The van der Waals surface area contributed by atoms with Crippen molar-refractivity contribution in [2.24, 2.45) is 5.73 Å². The molecule has 3 rings (SSSR count). The Balaban J connectivity index is 1.98. The van der Waals surface area contributed by atoms with Crippen LogP contribution in [0, 0.1) is 0 Å². The van der Waals surface area contributed by atoms with Gasteiger partial charge in [-0.3, -0.25) is 10.1 Å². The van der Waals surface area contributed by atoms with Crippen LogP contribution >= 0.6 is 0 Å². The van der Waals surface area contributed by atoms with Crippen molar-refractivity contribution in [1.29, 1.82) is 0 Å². The second-order valence-electron chi connectivity index (χ2n) is 5.89. The summed E-state index contributed by atoms with van der Waals surface area (Å²) in [7, 11) is 1.28. The smallest absolute Gasteiger partial charge is 0.411 e. The molecule has 2 heterocycles. The number of nitrogens with two attached hydrogens (primary N) is 1. The van der Waals surface area contributed by atoms with Gasteiger partial charge in [0, 0.05) is 24.3 Å². The summed E-state index contributed by atoms with van der Waals surface area (Å²) in [5.74, 6) is 0.460. The summed E-state index contributed by atoms with van der Waals surface area (Å²) in [4.78, 5) is 31.1. The maximum Gasteiger partial charge on any atom is 0.411 e. The first-order valence-electron chi connectivity index (χ1n) is 8.24. The van der Waals surface area contributed by atoms with Gasteiger partial charge in [0.05, 0.1) is 37.3 Å². The Morgan fingerprint density at radius 3 is 3.12 bits per heavy atom. The maximum absolute atomic E-state index is 12.2. The van der Waals surface area contributed by atoms with Crippen molar-refractivity contribution in [1.82, 2.24) is 9.97 Å². The van der Waals surface area contributed by atoms with Crippen LogP contribution in [-0.4, -0.2) is 42.3 Å². The van der Waals surface area contributed by atoms with Crippen molar-refractivity contribution < 1.29 is 19.1 Å². The second-order valence-corrected chi connectivity index (χ2v) is 5.89. The molecular weight excluding hydrogens is 338 g/mol. The number of carbonyl (C=O) groups excluding carboxylic acids is 2. The Bertz CT molecular complexity index is 804. The minimum absolute atomic E-state index is 0.145. The number of nitrogens with one attached hydrogen (secondary N) is 3. The number of fused-ring (bicyclic) bond motifs is 4. The van der Waals surface area contributed by atoms with Crippen LogP contribution in [0.25, 0.3) is 11.3 Å². The molecule has 0 saturated heterocycles. The van der Waals surface area contributed by atoms with E-state index in [1.165, 1.54) is 7.11 Å². The lowest BCUT2D eigenvalue weighted by atomic mass is 10.1. The molecule has 1 atom stereocenters. The summed E-state index contributed by atoms with van der Waals surface area (Å²) >= 11 is 0. The van der Waals surface area contributed by atoms with Gasteiger partial charge < -0.3 is 25.5 Å². The number of imidazole rings is 1. The Hall–Kier alpha value is -2.91. The fourth-order valence-electron chi connectivity index (χ4n) is 2.63. The van der Waals surface area contributed by atoms with Gasteiger partial charge in [-0.15, -0.1) is 0 Å². The number of amides is 2. The lowest BCUT2D eigenvalue weighted by Crippen LogP contribution is -2.19. The standard InChI is InChI=1S/C17H21N5O4/c1-25-17(24)20-10-4-5-11-13(7-10)21-15(23)3-2-6-26-9-12(18)16-19-8-14(11)22-16/h4-5,7-8,12H,2-3,6,9,18H2,1H3,(H,19,22)(H,20,24)(H,21,23). The number of ether oxygens (including phenoxy) is 2. The van der Waals surface area contributed by atoms with Gasteiger partial charge in [-0.1, -0.05) is 0 Å². The van der Waals surface area contributed by atoms with Crippen LogP contribution in [0.3, 0.4) is 0 Å². The number of hydrogen-bond donors (Lipinski definition) is 4. The fraction of sp³-hybridized carbons (Fsp3) is 0.353. The quantitative estimate of drug-likeness (QED) is 0.616. The summed E-state index contributed by atoms with van der Waals surface area (Å²) < 4.78 is 10.1. The van der Waals surface area contributed by atoms with E-state index in [9.17, 15) is 9.59 Å². The summed E-state index contributed by atoms with van der Waals surface area (Å²) in [6.07, 6.45) is 1.96. The molecule has 138 valence electrons. The molecule has 1 aliphatic rings. The molecule has 0 radical (unpaired) electrons. The van der Waals surface area contributed by atoms with E-state index < -0.39 is 6.09 Å². The SMILES string of the molecule is COC(=O)Nc1ccc2c(c1)NC(=O)CCCOCC(N)c1ncc-2[nH]1. The van der Waals surface area contributed by atoms with Gasteiger partial charge in [0.15, 0.2) is 0 Å². The maximum atomic E-state index is 12.2. The van der Waals surface area contributed by atoms with Crippen molar-refractivity contribution in [3.05, 3.63) is 30.2 Å². The molecule has 26 heavy (non-hydrogen) atoms. The van der Waals surface area contributed by atoms with Crippen molar-refractivity contribution in [2.45, 2.75) is 18.9 Å². The third-order valence-corrected chi connectivity index (χ3v) is 3.95. The number of aromatic amines is 1. The predicted molar refractivity (Wildman–Crippen MR) is 95.7 cm³/mol. The van der Waals surface area contributed by atoms with Gasteiger partial charge in [0.1, 0.15) is 5.82 Å². The second kappa shape index (κ2) is 7.98. The van der Waals surface area contributed by atoms with Gasteiger partial charge in [-0.2, -0.15) is 0 Å². The molecule has 2 aromatic rings. The van der Waals surface area contributed by atoms with E-state index in [1.54, 1.807) is 24.4 Å². The average molecular weight is 359 g/mol. The van der Waals surface area contributed by atoms with Crippen molar-refractivity contribution in [3.63, 3.8) is 0 Å². The Labute approximate surface area is 150 Å². The van der Waals surface area contributed by atoms with E-state index in [-0.39, 0.29) is 11.9 Å². The molecule has 9 nitrogen and oxygen atoms in total. The number of benzene rings is 1. The van der Waals surface area contributed by atoms with Crippen molar-refractivity contribution in [2.75, 3.05) is 31.0 Å². The van der Waals surface area contributed by atoms with Crippen LogP contribution in [-0.2, 0) is 14.3 Å². The third kappa shape index (κ3) is 4.19. The summed E-state index contributed by atoms with van der Waals surface area (Å²) in [5.41, 5.74) is 8.57. The van der Waals surface area contributed by atoms with Crippen LogP contribution in [0.15, 0.2) is 24.4 Å². The number of carbonyl (C=O) groups is 2. The number of methoxy groups -OCH3 is 1. The van der Waals surface area contributed by atoms with E-state index in [0.29, 0.717) is 48.9 Å². The van der Waals surface area contributed by atoms with Crippen LogP contribution in [0.5, 0.6) is 0 Å². The zero-order valence-corrected chi connectivity index (χ0v) is 14.4. The van der Waals surface area contributed by atoms with Crippen LogP contribution in [0.4, 0.5) is 16.2 Å². The average Bonchev–Trinajstić information content (AvgIpc) is 3.11. The minimum atomic E-state index is -0.590. The summed E-state index contributed by atoms with van der Waals surface area (Å²) in [6, 6.07) is 4.78. The van der Waals surface area contributed by atoms with Gasteiger partial charge in [0.25, 0.3) is 0 Å². The van der Waals surface area contributed by atoms with E-state index in [0.717, 1.165) is 5.56 Å². The first kappa shape index (κ1) is 17.9. The lowest BCUT2D eigenvalue weighted by Gasteiger charge is -2.13. The van der Waals surface area contributed by atoms with Crippen LogP contribution in [0.1, 0.15) is 24.7 Å².